The minimum atomic E-state index is -0.360. The van der Waals surface area contributed by atoms with Crippen LogP contribution >= 0.6 is 0 Å². The van der Waals surface area contributed by atoms with Crippen LogP contribution in [0.5, 0.6) is 0 Å². The molecule has 1 aliphatic rings. The molecule has 5 heteroatoms. The second kappa shape index (κ2) is 8.79. The zero-order chi connectivity index (χ0) is 19.2. The largest absolute Gasteiger partial charge is 0.511 e. The molecule has 5 nitrogen and oxygen atoms in total. The molecule has 0 bridgehead atoms. The minimum absolute atomic E-state index is 0.0686. The first-order valence-electron chi connectivity index (χ1n) is 9.21. The Hall–Kier alpha value is -2.43. The molecule has 0 amide bonds. The van der Waals surface area contributed by atoms with Crippen molar-refractivity contribution in [1.82, 2.24) is 0 Å². The van der Waals surface area contributed by atoms with Gasteiger partial charge in [0.2, 0.25) is 0 Å². The van der Waals surface area contributed by atoms with Crippen molar-refractivity contribution in [2.45, 2.75) is 52.9 Å². The van der Waals surface area contributed by atoms with Crippen LogP contribution in [0.25, 0.3) is 0 Å². The summed E-state index contributed by atoms with van der Waals surface area (Å²) in [5, 5.41) is 10.3. The maximum Gasteiger partial charge on any atom is 0.338 e. The van der Waals surface area contributed by atoms with Crippen LogP contribution in [0.2, 0.25) is 0 Å². The minimum Gasteiger partial charge on any atom is -0.511 e. The van der Waals surface area contributed by atoms with E-state index in [9.17, 15) is 14.7 Å². The lowest BCUT2D eigenvalue weighted by Crippen LogP contribution is -2.30. The summed E-state index contributed by atoms with van der Waals surface area (Å²) in [6.45, 7) is 6.44. The average Bonchev–Trinajstić information content (AvgIpc) is 2.65. The van der Waals surface area contributed by atoms with Crippen molar-refractivity contribution in [3.05, 3.63) is 41.2 Å². The molecule has 26 heavy (non-hydrogen) atoms. The number of allylic oxidation sites excluding steroid dienone is 2. The third-order valence-electron chi connectivity index (χ3n) is 5.07. The SMILES string of the molecule is CCCOC(=O)c1ccc(N=CC2=C(O)CC(CC)(CC)CC2=O)cc1. The maximum absolute atomic E-state index is 12.4. The molecule has 0 unspecified atom stereocenters. The van der Waals surface area contributed by atoms with Crippen molar-refractivity contribution in [1.29, 1.82) is 0 Å². The van der Waals surface area contributed by atoms with E-state index in [1.807, 2.05) is 6.92 Å². The van der Waals surface area contributed by atoms with E-state index in [2.05, 4.69) is 18.8 Å². The predicted octanol–water partition coefficient (Wildman–Crippen LogP) is 4.94. The van der Waals surface area contributed by atoms with Gasteiger partial charge in [0.15, 0.2) is 5.78 Å². The van der Waals surface area contributed by atoms with E-state index in [1.54, 1.807) is 24.3 Å². The summed E-state index contributed by atoms with van der Waals surface area (Å²) in [5.74, 6) is -0.310. The number of carbonyl (C=O) groups excluding carboxylic acids is 2. The molecule has 1 aromatic carbocycles. The summed E-state index contributed by atoms with van der Waals surface area (Å²) >= 11 is 0. The number of nitrogens with zero attached hydrogens (tertiary/aromatic N) is 1. The summed E-state index contributed by atoms with van der Waals surface area (Å²) < 4.78 is 5.08. The fourth-order valence-corrected chi connectivity index (χ4v) is 3.11. The van der Waals surface area contributed by atoms with Crippen LogP contribution in [0.3, 0.4) is 0 Å². The molecule has 0 aromatic heterocycles. The summed E-state index contributed by atoms with van der Waals surface area (Å²) in [6.07, 6.45) is 4.87. The molecular weight excluding hydrogens is 330 g/mol. The molecule has 2 rings (SSSR count). The molecule has 1 aromatic rings. The number of aliphatic hydroxyl groups excluding tert-OH is 1. The van der Waals surface area contributed by atoms with Crippen molar-refractivity contribution in [3.8, 4) is 0 Å². The second-order valence-corrected chi connectivity index (χ2v) is 6.79. The first kappa shape index (κ1) is 19.9. The molecule has 0 fully saturated rings. The number of aliphatic hydroxyl groups is 1. The number of ketones is 1. The molecule has 0 saturated heterocycles. The number of hydrogen-bond donors (Lipinski definition) is 1. The lowest BCUT2D eigenvalue weighted by molar-refractivity contribution is -0.118. The van der Waals surface area contributed by atoms with Crippen molar-refractivity contribution in [2.24, 2.45) is 10.4 Å². The normalized spacial score (nSPS) is 17.0. The lowest BCUT2D eigenvalue weighted by atomic mass is 9.70. The first-order chi connectivity index (χ1) is 12.4. The van der Waals surface area contributed by atoms with Crippen LogP contribution in [0.1, 0.15) is 63.2 Å². The zero-order valence-electron chi connectivity index (χ0n) is 15.7. The molecule has 0 heterocycles. The molecule has 0 aliphatic heterocycles. The van der Waals surface area contributed by atoms with Crippen LogP contribution in [-0.2, 0) is 9.53 Å². The molecule has 1 aliphatic carbocycles. The fraction of sp³-hybridized carbons (Fsp3) is 0.476. The Balaban J connectivity index is 2.12. The average molecular weight is 357 g/mol. The van der Waals surface area contributed by atoms with Crippen LogP contribution < -0.4 is 0 Å². The number of hydrogen-bond acceptors (Lipinski definition) is 5. The Morgan fingerprint density at radius 1 is 1.19 bits per heavy atom. The third-order valence-corrected chi connectivity index (χ3v) is 5.07. The van der Waals surface area contributed by atoms with Gasteiger partial charge in [-0.1, -0.05) is 20.8 Å². The molecule has 1 N–H and O–H groups in total. The van der Waals surface area contributed by atoms with Crippen molar-refractivity contribution in [2.75, 3.05) is 6.61 Å². The topological polar surface area (TPSA) is 76.0 Å². The Labute approximate surface area is 154 Å². The molecular formula is C21H27NO4. The van der Waals surface area contributed by atoms with E-state index in [4.69, 9.17) is 4.74 Å². The number of esters is 1. The second-order valence-electron chi connectivity index (χ2n) is 6.79. The van der Waals surface area contributed by atoms with Gasteiger partial charge in [0.05, 0.1) is 23.4 Å². The van der Waals surface area contributed by atoms with Crippen LogP contribution in [-0.4, -0.2) is 29.7 Å². The monoisotopic (exact) mass is 357 g/mol. The van der Waals surface area contributed by atoms with Gasteiger partial charge in [-0.15, -0.1) is 0 Å². The van der Waals surface area contributed by atoms with Crippen LogP contribution in [0.4, 0.5) is 5.69 Å². The van der Waals surface area contributed by atoms with Crippen molar-refractivity contribution < 1.29 is 19.4 Å². The number of carbonyl (C=O) groups is 2. The molecule has 0 saturated carbocycles. The number of rotatable bonds is 7. The number of ether oxygens (including phenoxy) is 1. The number of benzene rings is 1. The van der Waals surface area contributed by atoms with Gasteiger partial charge in [-0.25, -0.2) is 4.79 Å². The third kappa shape index (κ3) is 4.59. The van der Waals surface area contributed by atoms with Gasteiger partial charge in [-0.05, 0) is 48.9 Å². The number of Topliss-reactive ketones (excluding diaryl/α,β-unsaturated/α-hetero) is 1. The van der Waals surface area contributed by atoms with Crippen molar-refractivity contribution in [3.63, 3.8) is 0 Å². The molecule has 0 radical (unpaired) electrons. The van der Waals surface area contributed by atoms with Crippen molar-refractivity contribution >= 4 is 23.7 Å². The maximum atomic E-state index is 12.4. The first-order valence-corrected chi connectivity index (χ1v) is 9.21. The van der Waals surface area contributed by atoms with Gasteiger partial charge in [-0.3, -0.25) is 9.79 Å². The van der Waals surface area contributed by atoms with Gasteiger partial charge in [-0.2, -0.15) is 0 Å². The highest BCUT2D eigenvalue weighted by Gasteiger charge is 2.36. The quantitative estimate of drug-likeness (QED) is 0.554. The standard InChI is InChI=1S/C21H27NO4/c1-4-11-26-20(25)15-7-9-16(10-8-15)22-14-17-18(23)12-21(5-2,6-3)13-19(17)24/h7-10,14,23H,4-6,11-13H2,1-3H3. The highest BCUT2D eigenvalue weighted by molar-refractivity contribution is 6.15. The van der Waals surface area contributed by atoms with Gasteiger partial charge < -0.3 is 9.84 Å². The summed E-state index contributed by atoms with van der Waals surface area (Å²) in [6, 6.07) is 6.65. The van der Waals surface area contributed by atoms with E-state index < -0.39 is 0 Å². The van der Waals surface area contributed by atoms with Gasteiger partial charge in [0.1, 0.15) is 5.76 Å². The Morgan fingerprint density at radius 2 is 1.85 bits per heavy atom. The Bertz CT molecular complexity index is 712. The van der Waals surface area contributed by atoms with E-state index in [-0.39, 0.29) is 28.5 Å². The highest BCUT2D eigenvalue weighted by Crippen LogP contribution is 2.41. The zero-order valence-corrected chi connectivity index (χ0v) is 15.7. The van der Waals surface area contributed by atoms with E-state index in [0.717, 1.165) is 19.3 Å². The van der Waals surface area contributed by atoms with Gasteiger partial charge in [0.25, 0.3) is 0 Å². The smallest absolute Gasteiger partial charge is 0.338 e. The van der Waals surface area contributed by atoms with Crippen LogP contribution in [0.15, 0.2) is 40.6 Å². The lowest BCUT2D eigenvalue weighted by Gasteiger charge is -2.34. The number of aliphatic imine (C=N–C) groups is 1. The molecule has 0 atom stereocenters. The Morgan fingerprint density at radius 3 is 2.38 bits per heavy atom. The summed E-state index contributed by atoms with van der Waals surface area (Å²) in [4.78, 5) is 28.5. The fourth-order valence-electron chi connectivity index (χ4n) is 3.11. The summed E-state index contributed by atoms with van der Waals surface area (Å²) in [5.41, 5.74) is 1.21. The van der Waals surface area contributed by atoms with Crippen LogP contribution in [0, 0.1) is 5.41 Å². The van der Waals surface area contributed by atoms with Gasteiger partial charge in [0, 0.05) is 19.1 Å². The predicted molar refractivity (Wildman–Crippen MR) is 102 cm³/mol. The van der Waals surface area contributed by atoms with E-state index in [1.165, 1.54) is 6.21 Å². The summed E-state index contributed by atoms with van der Waals surface area (Å²) in [7, 11) is 0. The molecule has 140 valence electrons. The van der Waals surface area contributed by atoms with E-state index >= 15 is 0 Å². The van der Waals surface area contributed by atoms with Gasteiger partial charge >= 0.3 is 5.97 Å². The highest BCUT2D eigenvalue weighted by atomic mass is 16.5. The Kier molecular flexibility index (Phi) is 6.72. The van der Waals surface area contributed by atoms with E-state index in [0.29, 0.717) is 30.7 Å². The molecule has 0 spiro atoms.